The summed E-state index contributed by atoms with van der Waals surface area (Å²) in [6.07, 6.45) is 1.38. The topological polar surface area (TPSA) is 84.5 Å². The maximum absolute atomic E-state index is 12.3. The highest BCUT2D eigenvalue weighted by Crippen LogP contribution is 2.27. The highest BCUT2D eigenvalue weighted by molar-refractivity contribution is 6.42. The summed E-state index contributed by atoms with van der Waals surface area (Å²) in [4.78, 5) is 12.3. The SMILES string of the molecule is COc1ccc(CNC(=O)C(C#N)=Cc2ccc(COc3ccc(Cl)c(Cl)c3)o2)cc1. The van der Waals surface area contributed by atoms with Crippen LogP contribution >= 0.6 is 23.2 Å². The van der Waals surface area contributed by atoms with Crippen molar-refractivity contribution in [2.75, 3.05) is 7.11 Å². The van der Waals surface area contributed by atoms with E-state index in [1.807, 2.05) is 18.2 Å². The molecule has 0 fully saturated rings. The van der Waals surface area contributed by atoms with Crippen molar-refractivity contribution in [1.29, 1.82) is 5.26 Å². The van der Waals surface area contributed by atoms with Crippen LogP contribution in [0.3, 0.4) is 0 Å². The molecule has 0 aliphatic carbocycles. The number of nitrogens with zero attached hydrogens (tertiary/aromatic N) is 1. The Hall–Kier alpha value is -3.40. The van der Waals surface area contributed by atoms with Crippen LogP contribution in [0.4, 0.5) is 0 Å². The van der Waals surface area contributed by atoms with Gasteiger partial charge in [0.25, 0.3) is 5.91 Å². The number of nitriles is 1. The van der Waals surface area contributed by atoms with Crippen LogP contribution in [-0.2, 0) is 17.9 Å². The fraction of sp³-hybridized carbons (Fsp3) is 0.130. The van der Waals surface area contributed by atoms with Gasteiger partial charge >= 0.3 is 0 Å². The minimum atomic E-state index is -0.497. The summed E-state index contributed by atoms with van der Waals surface area (Å²) in [5.41, 5.74) is 0.811. The molecular weight excluding hydrogens is 439 g/mol. The summed E-state index contributed by atoms with van der Waals surface area (Å²) < 4.78 is 16.3. The maximum Gasteiger partial charge on any atom is 0.262 e. The van der Waals surface area contributed by atoms with Crippen LogP contribution in [0.15, 0.2) is 64.6 Å². The molecule has 2 aromatic carbocycles. The molecule has 0 spiro atoms. The molecule has 6 nitrogen and oxygen atoms in total. The molecule has 0 atom stereocenters. The number of amides is 1. The lowest BCUT2D eigenvalue weighted by Gasteiger charge is -2.06. The first-order chi connectivity index (χ1) is 15.0. The van der Waals surface area contributed by atoms with Crippen LogP contribution in [0, 0.1) is 11.3 Å². The number of nitrogens with one attached hydrogen (secondary N) is 1. The number of rotatable bonds is 8. The van der Waals surface area contributed by atoms with E-state index in [2.05, 4.69) is 5.32 Å². The number of ether oxygens (including phenoxy) is 2. The first-order valence-electron chi connectivity index (χ1n) is 9.18. The summed E-state index contributed by atoms with van der Waals surface area (Å²) in [5, 5.41) is 12.9. The van der Waals surface area contributed by atoms with E-state index in [1.165, 1.54) is 6.08 Å². The van der Waals surface area contributed by atoms with E-state index in [1.54, 1.807) is 49.6 Å². The van der Waals surface area contributed by atoms with E-state index in [0.717, 1.165) is 11.3 Å². The molecule has 0 aliphatic rings. The molecule has 1 aromatic heterocycles. The Bertz CT molecular complexity index is 1130. The van der Waals surface area contributed by atoms with E-state index in [-0.39, 0.29) is 18.7 Å². The molecule has 3 rings (SSSR count). The normalized spacial score (nSPS) is 11.0. The monoisotopic (exact) mass is 456 g/mol. The van der Waals surface area contributed by atoms with Crippen molar-refractivity contribution in [1.82, 2.24) is 5.32 Å². The van der Waals surface area contributed by atoms with Crippen molar-refractivity contribution in [3.05, 3.63) is 87.3 Å². The van der Waals surface area contributed by atoms with Crippen LogP contribution in [0.1, 0.15) is 17.1 Å². The molecule has 1 N–H and O–H groups in total. The first kappa shape index (κ1) is 22.3. The second-order valence-electron chi connectivity index (χ2n) is 6.37. The van der Waals surface area contributed by atoms with E-state index in [0.29, 0.717) is 27.3 Å². The van der Waals surface area contributed by atoms with Gasteiger partial charge in [0.15, 0.2) is 0 Å². The molecule has 1 heterocycles. The molecule has 0 aliphatic heterocycles. The largest absolute Gasteiger partial charge is 0.497 e. The van der Waals surface area contributed by atoms with E-state index >= 15 is 0 Å². The van der Waals surface area contributed by atoms with Crippen LogP contribution in [-0.4, -0.2) is 13.0 Å². The molecule has 8 heteroatoms. The highest BCUT2D eigenvalue weighted by atomic mass is 35.5. The molecule has 3 aromatic rings. The summed E-state index contributed by atoms with van der Waals surface area (Å²) >= 11 is 11.8. The Morgan fingerprint density at radius 2 is 1.84 bits per heavy atom. The Labute approximate surface area is 189 Å². The lowest BCUT2D eigenvalue weighted by atomic mass is 10.2. The number of hydrogen-bond donors (Lipinski definition) is 1. The van der Waals surface area contributed by atoms with E-state index in [4.69, 9.17) is 37.1 Å². The number of methoxy groups -OCH3 is 1. The number of benzene rings is 2. The number of carbonyl (C=O) groups excluding carboxylic acids is 1. The van der Waals surface area contributed by atoms with Gasteiger partial charge in [-0.05, 0) is 42.0 Å². The molecule has 158 valence electrons. The van der Waals surface area contributed by atoms with Crippen molar-refractivity contribution < 1.29 is 18.7 Å². The molecule has 0 radical (unpaired) electrons. The fourth-order valence-corrected chi connectivity index (χ4v) is 2.87. The quantitative estimate of drug-likeness (QED) is 0.362. The Balaban J connectivity index is 1.58. The van der Waals surface area contributed by atoms with Crippen LogP contribution in [0.5, 0.6) is 11.5 Å². The highest BCUT2D eigenvalue weighted by Gasteiger charge is 2.11. The zero-order valence-electron chi connectivity index (χ0n) is 16.5. The molecular formula is C23H18Cl2N2O4. The molecule has 31 heavy (non-hydrogen) atoms. The second-order valence-corrected chi connectivity index (χ2v) is 7.18. The van der Waals surface area contributed by atoms with Gasteiger partial charge in [-0.25, -0.2) is 0 Å². The van der Waals surface area contributed by atoms with Crippen molar-refractivity contribution in [3.63, 3.8) is 0 Å². The van der Waals surface area contributed by atoms with Crippen LogP contribution in [0.2, 0.25) is 10.0 Å². The number of hydrogen-bond acceptors (Lipinski definition) is 5. The number of carbonyl (C=O) groups is 1. The van der Waals surface area contributed by atoms with Gasteiger partial charge in [-0.3, -0.25) is 4.79 Å². The molecule has 0 saturated heterocycles. The summed E-state index contributed by atoms with van der Waals surface area (Å²) in [5.74, 6) is 1.66. The number of furan rings is 1. The third-order valence-electron chi connectivity index (χ3n) is 4.22. The molecule has 1 amide bonds. The van der Waals surface area contributed by atoms with Gasteiger partial charge in [0.1, 0.15) is 41.3 Å². The lowest BCUT2D eigenvalue weighted by molar-refractivity contribution is -0.117. The van der Waals surface area contributed by atoms with Crippen molar-refractivity contribution >= 4 is 35.2 Å². The average molecular weight is 457 g/mol. The predicted octanol–water partition coefficient (Wildman–Crippen LogP) is 5.40. The summed E-state index contributed by atoms with van der Waals surface area (Å²) in [6.45, 7) is 0.431. The zero-order valence-corrected chi connectivity index (χ0v) is 18.0. The van der Waals surface area contributed by atoms with E-state index < -0.39 is 5.91 Å². The van der Waals surface area contributed by atoms with Gasteiger partial charge in [-0.1, -0.05) is 35.3 Å². The Morgan fingerprint density at radius 3 is 2.52 bits per heavy atom. The summed E-state index contributed by atoms with van der Waals surface area (Å²) in [7, 11) is 1.58. The predicted molar refractivity (Wildman–Crippen MR) is 118 cm³/mol. The number of halogens is 2. The van der Waals surface area contributed by atoms with Gasteiger partial charge in [0.05, 0.1) is 17.2 Å². The maximum atomic E-state index is 12.3. The minimum absolute atomic E-state index is 0.0696. The standard InChI is InChI=1S/C23H18Cl2N2O4/c1-29-17-4-2-15(3-5-17)13-27-23(28)16(12-26)10-19-6-7-20(31-19)14-30-18-8-9-21(24)22(25)11-18/h2-11H,13-14H2,1H3,(H,27,28). The average Bonchev–Trinajstić information content (AvgIpc) is 3.24. The van der Waals surface area contributed by atoms with Crippen LogP contribution < -0.4 is 14.8 Å². The van der Waals surface area contributed by atoms with Gasteiger partial charge in [-0.15, -0.1) is 0 Å². The van der Waals surface area contributed by atoms with Crippen LogP contribution in [0.25, 0.3) is 6.08 Å². The zero-order chi connectivity index (χ0) is 22.2. The molecule has 0 saturated carbocycles. The Morgan fingerprint density at radius 1 is 1.10 bits per heavy atom. The first-order valence-corrected chi connectivity index (χ1v) is 9.93. The van der Waals surface area contributed by atoms with Crippen molar-refractivity contribution in [3.8, 4) is 17.6 Å². The van der Waals surface area contributed by atoms with Crippen molar-refractivity contribution in [2.45, 2.75) is 13.2 Å². The molecule has 0 unspecified atom stereocenters. The van der Waals surface area contributed by atoms with Gasteiger partial charge in [0, 0.05) is 18.7 Å². The third-order valence-corrected chi connectivity index (χ3v) is 4.96. The van der Waals surface area contributed by atoms with E-state index in [9.17, 15) is 10.1 Å². The third kappa shape index (κ3) is 6.29. The Kier molecular flexibility index (Phi) is 7.60. The summed E-state index contributed by atoms with van der Waals surface area (Å²) in [6, 6.07) is 17.5. The molecule has 0 bridgehead atoms. The van der Waals surface area contributed by atoms with Gasteiger partial charge < -0.3 is 19.2 Å². The van der Waals surface area contributed by atoms with Gasteiger partial charge in [0.2, 0.25) is 0 Å². The fourth-order valence-electron chi connectivity index (χ4n) is 2.58. The second kappa shape index (κ2) is 10.6. The minimum Gasteiger partial charge on any atom is -0.497 e. The van der Waals surface area contributed by atoms with Gasteiger partial charge in [-0.2, -0.15) is 5.26 Å². The lowest BCUT2D eigenvalue weighted by Crippen LogP contribution is -2.23. The smallest absolute Gasteiger partial charge is 0.262 e. The van der Waals surface area contributed by atoms with Crippen molar-refractivity contribution in [2.24, 2.45) is 0 Å².